The van der Waals surface area contributed by atoms with Crippen LogP contribution in [0.3, 0.4) is 0 Å². The normalized spacial score (nSPS) is 12.5. The van der Waals surface area contributed by atoms with Gasteiger partial charge in [0, 0.05) is 12.8 Å². The summed E-state index contributed by atoms with van der Waals surface area (Å²) in [7, 11) is 0. The molecule has 0 radical (unpaired) electrons. The molecule has 3 N–H and O–H groups in total. The van der Waals surface area contributed by atoms with Gasteiger partial charge < -0.3 is 20.3 Å². The molecule has 0 heterocycles. The Balaban J connectivity index is 3.41. The van der Waals surface area contributed by atoms with Gasteiger partial charge in [0.2, 0.25) is 5.91 Å². The third kappa shape index (κ3) is 56.2. The van der Waals surface area contributed by atoms with Crippen LogP contribution in [0.15, 0.2) is 0 Å². The van der Waals surface area contributed by atoms with Crippen LogP contribution in [0.25, 0.3) is 0 Å². The summed E-state index contributed by atoms with van der Waals surface area (Å²) in [6.45, 7) is 4.97. The molecule has 2 unspecified atom stereocenters. The van der Waals surface area contributed by atoms with Crippen molar-refractivity contribution >= 4 is 11.9 Å². The monoisotopic (exact) mass is 990 g/mol. The Morgan fingerprint density at radius 1 is 0.343 bits per heavy atom. The molecule has 418 valence electrons. The van der Waals surface area contributed by atoms with Crippen LogP contribution in [-0.2, 0) is 14.3 Å². The Bertz CT molecular complexity index is 1010. The first kappa shape index (κ1) is 68.9. The minimum atomic E-state index is -0.674. The number of unbranched alkanes of at least 4 members (excludes halogenated alkanes) is 50. The lowest BCUT2D eigenvalue weighted by atomic mass is 10.0. The van der Waals surface area contributed by atoms with Crippen LogP contribution in [-0.4, -0.2) is 47.4 Å². The lowest BCUT2D eigenvalue weighted by Gasteiger charge is -2.22. The molecule has 0 saturated heterocycles. The first-order chi connectivity index (χ1) is 34.5. The van der Waals surface area contributed by atoms with Gasteiger partial charge in [-0.2, -0.15) is 0 Å². The van der Waals surface area contributed by atoms with Crippen molar-refractivity contribution in [3.63, 3.8) is 0 Å². The van der Waals surface area contributed by atoms with Crippen LogP contribution in [0.4, 0.5) is 0 Å². The molecule has 0 fully saturated rings. The summed E-state index contributed by atoms with van der Waals surface area (Å²) >= 11 is 0. The average molecular weight is 991 g/mol. The molecule has 2 atom stereocenters. The number of ether oxygens (including phenoxy) is 1. The van der Waals surface area contributed by atoms with Crippen LogP contribution in [0.5, 0.6) is 0 Å². The second kappa shape index (κ2) is 60.4. The van der Waals surface area contributed by atoms with Gasteiger partial charge in [0.15, 0.2) is 0 Å². The number of carbonyl (C=O) groups is 2. The number of carbonyl (C=O) groups excluding carboxylic acids is 2. The van der Waals surface area contributed by atoms with Gasteiger partial charge in [-0.15, -0.1) is 0 Å². The van der Waals surface area contributed by atoms with Crippen molar-refractivity contribution in [3.8, 4) is 0 Å². The first-order valence-electron chi connectivity index (χ1n) is 32.3. The molecule has 1 amide bonds. The summed E-state index contributed by atoms with van der Waals surface area (Å²) in [5, 5.41) is 23.4. The molecule has 0 aliphatic heterocycles. The smallest absolute Gasteiger partial charge is 0.305 e. The van der Waals surface area contributed by atoms with Crippen molar-refractivity contribution < 1.29 is 24.5 Å². The van der Waals surface area contributed by atoms with Crippen molar-refractivity contribution in [2.24, 2.45) is 0 Å². The molecule has 0 aromatic heterocycles. The van der Waals surface area contributed by atoms with Crippen LogP contribution < -0.4 is 5.32 Å². The van der Waals surface area contributed by atoms with E-state index >= 15 is 0 Å². The molecule has 0 bridgehead atoms. The second-order valence-electron chi connectivity index (χ2n) is 22.5. The highest BCUT2D eigenvalue weighted by Crippen LogP contribution is 2.19. The first-order valence-corrected chi connectivity index (χ1v) is 32.3. The number of nitrogens with one attached hydrogen (secondary N) is 1. The van der Waals surface area contributed by atoms with Crippen LogP contribution in [0.2, 0.25) is 0 Å². The largest absolute Gasteiger partial charge is 0.466 e. The summed E-state index contributed by atoms with van der Waals surface area (Å²) in [5.41, 5.74) is 0. The molecular weight excluding hydrogens is 863 g/mol. The molecule has 0 aromatic rings. The highest BCUT2D eigenvalue weighted by atomic mass is 16.5. The van der Waals surface area contributed by atoms with Gasteiger partial charge in [-0.25, -0.2) is 0 Å². The molecule has 0 aliphatic rings. The molecule has 6 heteroatoms. The number of hydrogen-bond donors (Lipinski definition) is 3. The van der Waals surface area contributed by atoms with Crippen molar-refractivity contribution in [3.05, 3.63) is 0 Å². The standard InChI is InChI=1S/C64H127NO5/c1-3-5-7-9-11-13-15-17-19-21-23-24-25-27-28-30-32-36-40-44-48-52-56-62(67)61(60-66)65-63(68)57-53-49-45-41-37-34-35-39-43-47-51-55-59-70-64(69)58-54-50-46-42-38-33-31-29-26-22-20-18-16-14-12-10-8-6-4-2/h61-62,66-67H,3-60H2,1-2H3,(H,65,68). The average Bonchev–Trinajstić information content (AvgIpc) is 3.36. The van der Waals surface area contributed by atoms with Crippen molar-refractivity contribution in [2.45, 2.75) is 386 Å². The van der Waals surface area contributed by atoms with Gasteiger partial charge in [-0.05, 0) is 25.7 Å². The highest BCUT2D eigenvalue weighted by Gasteiger charge is 2.20. The lowest BCUT2D eigenvalue weighted by Crippen LogP contribution is -2.45. The summed E-state index contributed by atoms with van der Waals surface area (Å²) in [4.78, 5) is 24.6. The second-order valence-corrected chi connectivity index (χ2v) is 22.5. The summed E-state index contributed by atoms with van der Waals surface area (Å²) < 4.78 is 5.49. The Morgan fingerprint density at radius 2 is 0.586 bits per heavy atom. The fourth-order valence-electron chi connectivity index (χ4n) is 10.5. The van der Waals surface area contributed by atoms with E-state index in [-0.39, 0.29) is 18.5 Å². The summed E-state index contributed by atoms with van der Waals surface area (Å²) in [5.74, 6) is -0.0476. The van der Waals surface area contributed by atoms with E-state index in [1.54, 1.807) is 0 Å². The SMILES string of the molecule is CCCCCCCCCCCCCCCCCCCCCCCCC(O)C(CO)NC(=O)CCCCCCCCCCCCCCOC(=O)CCCCCCCCCCCCCCCCCCCCC. The molecule has 6 nitrogen and oxygen atoms in total. The zero-order valence-electron chi connectivity index (χ0n) is 47.8. The highest BCUT2D eigenvalue weighted by molar-refractivity contribution is 5.76. The molecule has 0 rings (SSSR count). The van der Waals surface area contributed by atoms with E-state index in [9.17, 15) is 19.8 Å². The van der Waals surface area contributed by atoms with Gasteiger partial charge >= 0.3 is 5.97 Å². The van der Waals surface area contributed by atoms with Crippen molar-refractivity contribution in [2.75, 3.05) is 13.2 Å². The van der Waals surface area contributed by atoms with E-state index in [1.807, 2.05) is 0 Å². The van der Waals surface area contributed by atoms with E-state index in [4.69, 9.17) is 4.74 Å². The fourth-order valence-corrected chi connectivity index (χ4v) is 10.5. The van der Waals surface area contributed by atoms with Gasteiger partial charge in [0.25, 0.3) is 0 Å². The number of aliphatic hydroxyl groups excluding tert-OH is 2. The van der Waals surface area contributed by atoms with Gasteiger partial charge in [0.1, 0.15) is 0 Å². The Labute approximate surface area is 438 Å². The Kier molecular flexibility index (Phi) is 59.4. The predicted octanol–water partition coefficient (Wildman–Crippen LogP) is 20.3. The number of rotatable bonds is 61. The molecular formula is C64H127NO5. The zero-order valence-corrected chi connectivity index (χ0v) is 47.8. The van der Waals surface area contributed by atoms with Gasteiger partial charge in [0.05, 0.1) is 25.4 Å². The minimum absolute atomic E-state index is 0.00261. The third-order valence-corrected chi connectivity index (χ3v) is 15.4. The van der Waals surface area contributed by atoms with Crippen molar-refractivity contribution in [1.82, 2.24) is 5.32 Å². The van der Waals surface area contributed by atoms with Crippen LogP contribution in [0, 0.1) is 0 Å². The van der Waals surface area contributed by atoms with Crippen LogP contribution in [0.1, 0.15) is 373 Å². The summed E-state index contributed by atoms with van der Waals surface area (Å²) in [6.07, 6.45) is 71.1. The van der Waals surface area contributed by atoms with E-state index in [2.05, 4.69) is 19.2 Å². The third-order valence-electron chi connectivity index (χ3n) is 15.4. The summed E-state index contributed by atoms with van der Waals surface area (Å²) in [6, 6.07) is -0.553. The molecule has 0 aliphatic carbocycles. The number of hydrogen-bond acceptors (Lipinski definition) is 5. The van der Waals surface area contributed by atoms with Crippen molar-refractivity contribution in [1.29, 1.82) is 0 Å². The van der Waals surface area contributed by atoms with Crippen LogP contribution >= 0.6 is 0 Å². The maximum Gasteiger partial charge on any atom is 0.305 e. The molecule has 70 heavy (non-hydrogen) atoms. The number of amides is 1. The molecule has 0 saturated carbocycles. The Hall–Kier alpha value is -1.14. The van der Waals surface area contributed by atoms with E-state index in [0.717, 1.165) is 57.8 Å². The number of aliphatic hydroxyl groups is 2. The number of esters is 1. The van der Waals surface area contributed by atoms with Gasteiger partial charge in [-0.1, -0.05) is 335 Å². The Morgan fingerprint density at radius 3 is 0.871 bits per heavy atom. The quantitative estimate of drug-likeness (QED) is 0.0417. The fraction of sp³-hybridized carbons (Fsp3) is 0.969. The van der Waals surface area contributed by atoms with E-state index < -0.39 is 12.1 Å². The predicted molar refractivity (Wildman–Crippen MR) is 306 cm³/mol. The lowest BCUT2D eigenvalue weighted by molar-refractivity contribution is -0.143. The maximum absolute atomic E-state index is 12.5. The molecule has 0 spiro atoms. The van der Waals surface area contributed by atoms with E-state index in [1.165, 1.54) is 283 Å². The molecule has 0 aromatic carbocycles. The minimum Gasteiger partial charge on any atom is -0.466 e. The topological polar surface area (TPSA) is 95.9 Å². The van der Waals surface area contributed by atoms with E-state index in [0.29, 0.717) is 25.9 Å². The maximum atomic E-state index is 12.5. The zero-order chi connectivity index (χ0) is 50.7. The van der Waals surface area contributed by atoms with Gasteiger partial charge in [-0.3, -0.25) is 9.59 Å².